The van der Waals surface area contributed by atoms with Crippen molar-refractivity contribution in [3.05, 3.63) is 78.1 Å². The lowest BCUT2D eigenvalue weighted by molar-refractivity contribution is 0.0918. The predicted molar refractivity (Wildman–Crippen MR) is 128 cm³/mol. The largest absolute Gasteiger partial charge is 0.349 e. The number of hydrogen-bond donors (Lipinski definition) is 3. The molecule has 3 heterocycles. The van der Waals surface area contributed by atoms with E-state index in [0.717, 1.165) is 10.9 Å². The Hall–Kier alpha value is -4.02. The fourth-order valence-electron chi connectivity index (χ4n) is 4.12. The van der Waals surface area contributed by atoms with E-state index >= 15 is 0 Å². The fourth-order valence-corrected chi connectivity index (χ4v) is 4.84. The number of primary sulfonamides is 1. The zero-order chi connectivity index (χ0) is 24.0. The Bertz CT molecular complexity index is 1560. The predicted octanol–water partition coefficient (Wildman–Crippen LogP) is 2.91. The normalized spacial score (nSPS) is 15.6. The van der Waals surface area contributed by atoms with Crippen LogP contribution < -0.4 is 15.8 Å². The van der Waals surface area contributed by atoms with Gasteiger partial charge in [-0.2, -0.15) is 0 Å². The molecule has 2 amide bonds. The van der Waals surface area contributed by atoms with Crippen molar-refractivity contribution in [1.29, 1.82) is 0 Å². The number of rotatable bonds is 4. The number of benzene rings is 2. The van der Waals surface area contributed by atoms with E-state index in [0.29, 0.717) is 23.4 Å². The van der Waals surface area contributed by atoms with Crippen LogP contribution in [0.1, 0.15) is 33.9 Å². The second-order valence-electron chi connectivity index (χ2n) is 8.14. The lowest BCUT2D eigenvalue weighted by Crippen LogP contribution is -2.37. The number of hydrogen-bond acceptors (Lipinski definition) is 5. The van der Waals surface area contributed by atoms with Gasteiger partial charge in [-0.3, -0.25) is 9.59 Å². The second-order valence-corrected chi connectivity index (χ2v) is 9.67. The molecular weight excluding hydrogens is 454 g/mol. The molecule has 0 radical (unpaired) electrons. The highest BCUT2D eigenvalue weighted by atomic mass is 32.2. The highest BCUT2D eigenvalue weighted by Gasteiger charge is 2.26. The van der Waals surface area contributed by atoms with Gasteiger partial charge in [0.05, 0.1) is 11.7 Å². The summed E-state index contributed by atoms with van der Waals surface area (Å²) in [5, 5.41) is 11.6. The minimum atomic E-state index is -4.13. The Kier molecular flexibility index (Phi) is 5.18. The first-order chi connectivity index (χ1) is 16.2. The molecule has 9 nitrogen and oxygen atoms in total. The number of carbonyl (C=O) groups excluding carboxylic acids is 2. The summed E-state index contributed by atoms with van der Waals surface area (Å²) in [4.78, 5) is 29.5. The van der Waals surface area contributed by atoms with Gasteiger partial charge < -0.3 is 15.2 Å². The summed E-state index contributed by atoms with van der Waals surface area (Å²) >= 11 is 0. The summed E-state index contributed by atoms with van der Waals surface area (Å²) in [6, 6.07) is 18.8. The quantitative estimate of drug-likeness (QED) is 0.417. The van der Waals surface area contributed by atoms with Crippen molar-refractivity contribution in [3.63, 3.8) is 0 Å². The minimum absolute atomic E-state index is 0.0319. The van der Waals surface area contributed by atoms with Crippen molar-refractivity contribution in [3.8, 4) is 11.1 Å². The third-order valence-electron chi connectivity index (χ3n) is 5.79. The third-order valence-corrected chi connectivity index (χ3v) is 6.74. The Balaban J connectivity index is 1.52. The van der Waals surface area contributed by atoms with Crippen molar-refractivity contribution in [2.24, 2.45) is 5.14 Å². The zero-order valence-electron chi connectivity index (χ0n) is 18.1. The highest BCUT2D eigenvalue weighted by Crippen LogP contribution is 2.29. The van der Waals surface area contributed by atoms with Gasteiger partial charge in [0.1, 0.15) is 21.9 Å². The van der Waals surface area contributed by atoms with Gasteiger partial charge in [-0.25, -0.2) is 18.5 Å². The highest BCUT2D eigenvalue weighted by molar-refractivity contribution is 7.89. The van der Waals surface area contributed by atoms with Gasteiger partial charge in [0.15, 0.2) is 0 Å². The maximum absolute atomic E-state index is 13.0. The number of carbonyl (C=O) groups is 2. The molecule has 10 heteroatoms. The summed E-state index contributed by atoms with van der Waals surface area (Å²) in [6.45, 7) is 2.41. The lowest BCUT2D eigenvalue weighted by atomic mass is 10.1. The molecule has 1 atom stereocenters. The third kappa shape index (κ3) is 3.82. The average molecular weight is 476 g/mol. The van der Waals surface area contributed by atoms with Gasteiger partial charge in [-0.05, 0) is 48.4 Å². The first-order valence-electron chi connectivity index (χ1n) is 10.6. The van der Waals surface area contributed by atoms with Crippen LogP contribution in [-0.4, -0.2) is 36.3 Å². The van der Waals surface area contributed by atoms with Crippen molar-refractivity contribution >= 4 is 38.6 Å². The van der Waals surface area contributed by atoms with E-state index in [-0.39, 0.29) is 28.2 Å². The first kappa shape index (κ1) is 21.8. The van der Waals surface area contributed by atoms with Crippen LogP contribution in [0.5, 0.6) is 0 Å². The van der Waals surface area contributed by atoms with Crippen LogP contribution in [-0.2, 0) is 10.0 Å². The van der Waals surface area contributed by atoms with Crippen molar-refractivity contribution < 1.29 is 18.0 Å². The van der Waals surface area contributed by atoms with E-state index in [1.54, 1.807) is 22.8 Å². The summed E-state index contributed by atoms with van der Waals surface area (Å²) < 4.78 is 26.4. The van der Waals surface area contributed by atoms with Crippen LogP contribution in [0.2, 0.25) is 0 Å². The molecule has 1 aliphatic heterocycles. The Morgan fingerprint density at radius 1 is 1.09 bits per heavy atom. The molecule has 4 N–H and O–H groups in total. The maximum atomic E-state index is 13.0. The molecule has 34 heavy (non-hydrogen) atoms. The summed E-state index contributed by atoms with van der Waals surface area (Å²) in [6.07, 6.45) is 0. The molecule has 0 bridgehead atoms. The lowest BCUT2D eigenvalue weighted by Gasteiger charge is -2.23. The second kappa shape index (κ2) is 8.08. The molecule has 0 aliphatic carbocycles. The maximum Gasteiger partial charge on any atom is 0.274 e. The van der Waals surface area contributed by atoms with E-state index in [1.807, 2.05) is 37.3 Å². The SMILES string of the molecule is C[C@@H]1CNC(=O)c2cc3ccc(C(=O)Nc4ccc(-c5ccccc5)cc4S(N)(=O)=O)nc3n21. The fraction of sp³-hybridized carbons (Fsp3) is 0.125. The molecule has 172 valence electrons. The average Bonchev–Trinajstić information content (AvgIpc) is 3.22. The number of fused-ring (bicyclic) bond motifs is 3. The Morgan fingerprint density at radius 3 is 2.59 bits per heavy atom. The molecule has 4 aromatic rings. The van der Waals surface area contributed by atoms with Crippen LogP contribution >= 0.6 is 0 Å². The van der Waals surface area contributed by atoms with Crippen molar-refractivity contribution in [1.82, 2.24) is 14.9 Å². The number of pyridine rings is 1. The molecule has 0 spiro atoms. The number of aromatic nitrogens is 2. The first-order valence-corrected chi connectivity index (χ1v) is 12.1. The Labute approximate surface area is 195 Å². The van der Waals surface area contributed by atoms with Crippen LogP contribution in [0.3, 0.4) is 0 Å². The van der Waals surface area contributed by atoms with Crippen LogP contribution in [0.25, 0.3) is 22.2 Å². The van der Waals surface area contributed by atoms with Crippen LogP contribution in [0, 0.1) is 0 Å². The molecule has 0 saturated heterocycles. The standard InChI is InChI=1S/C24H21N5O4S/c1-14-13-26-24(31)20-11-17-8-10-19(27-22(17)29(14)20)23(30)28-18-9-7-16(12-21(18)34(25,32)33)15-5-3-2-4-6-15/h2-12,14H,13H2,1H3,(H,26,31)(H,28,30)(H2,25,32,33)/t14-/m1/s1. The van der Waals surface area contributed by atoms with Gasteiger partial charge in [0.25, 0.3) is 11.8 Å². The number of amides is 2. The van der Waals surface area contributed by atoms with Crippen molar-refractivity contribution in [2.75, 3.05) is 11.9 Å². The molecule has 1 aliphatic rings. The van der Waals surface area contributed by atoms with Gasteiger partial charge in [-0.1, -0.05) is 36.4 Å². The molecule has 0 unspecified atom stereocenters. The summed E-state index contributed by atoms with van der Waals surface area (Å²) in [5.41, 5.74) is 2.59. The van der Waals surface area contributed by atoms with E-state index in [4.69, 9.17) is 5.14 Å². The number of anilines is 1. The number of nitrogens with two attached hydrogens (primary N) is 1. The molecular formula is C24H21N5O4S. The molecule has 2 aromatic heterocycles. The summed E-state index contributed by atoms with van der Waals surface area (Å²) in [7, 11) is -4.13. The van der Waals surface area contributed by atoms with Crippen molar-refractivity contribution in [2.45, 2.75) is 17.9 Å². The van der Waals surface area contributed by atoms with Gasteiger partial charge in [-0.15, -0.1) is 0 Å². The van der Waals surface area contributed by atoms with Gasteiger partial charge in [0, 0.05) is 11.9 Å². The van der Waals surface area contributed by atoms with Crippen LogP contribution in [0.4, 0.5) is 5.69 Å². The van der Waals surface area contributed by atoms with Gasteiger partial charge in [0.2, 0.25) is 10.0 Å². The molecule has 5 rings (SSSR count). The van der Waals surface area contributed by atoms with Crippen LogP contribution in [0.15, 0.2) is 71.6 Å². The molecule has 0 fully saturated rings. The Morgan fingerprint density at radius 2 is 1.85 bits per heavy atom. The van der Waals surface area contributed by atoms with E-state index < -0.39 is 15.9 Å². The number of nitrogens with zero attached hydrogens (tertiary/aromatic N) is 2. The van der Waals surface area contributed by atoms with E-state index in [1.165, 1.54) is 18.2 Å². The number of sulfonamides is 1. The van der Waals surface area contributed by atoms with E-state index in [9.17, 15) is 18.0 Å². The smallest absolute Gasteiger partial charge is 0.274 e. The molecule has 0 saturated carbocycles. The monoisotopic (exact) mass is 475 g/mol. The zero-order valence-corrected chi connectivity index (χ0v) is 19.0. The topological polar surface area (TPSA) is 136 Å². The summed E-state index contributed by atoms with van der Waals surface area (Å²) in [5.74, 6) is -0.791. The minimum Gasteiger partial charge on any atom is -0.349 e. The van der Waals surface area contributed by atoms with Gasteiger partial charge >= 0.3 is 0 Å². The number of nitrogens with one attached hydrogen (secondary N) is 2. The van der Waals surface area contributed by atoms with E-state index in [2.05, 4.69) is 15.6 Å². The molecule has 2 aromatic carbocycles.